The molecule has 3 aromatic rings. The van der Waals surface area contributed by atoms with Gasteiger partial charge in [0.1, 0.15) is 6.04 Å². The third-order valence-electron chi connectivity index (χ3n) is 7.38. The van der Waals surface area contributed by atoms with Crippen molar-refractivity contribution in [2.45, 2.75) is 50.1 Å². The lowest BCUT2D eigenvalue weighted by Crippen LogP contribution is -2.45. The van der Waals surface area contributed by atoms with Crippen molar-refractivity contribution in [3.05, 3.63) is 83.1 Å². The normalized spacial score (nSPS) is 17.0. The first-order valence-corrected chi connectivity index (χ1v) is 13.5. The zero-order chi connectivity index (χ0) is 31.5. The van der Waals surface area contributed by atoms with E-state index in [1.54, 1.807) is 19.3 Å². The Labute approximate surface area is 243 Å². The van der Waals surface area contributed by atoms with Gasteiger partial charge in [-0.2, -0.15) is 26.3 Å². The zero-order valence-electron chi connectivity index (χ0n) is 23.4. The summed E-state index contributed by atoms with van der Waals surface area (Å²) in [6, 6.07) is 6.33. The van der Waals surface area contributed by atoms with Crippen molar-refractivity contribution < 1.29 is 40.7 Å². The SMILES string of the molecule is CN(C(=O)c1cc(C(F)(F)F)cc(C(F)(F)F)c1)[C@@H](/C=C/C(=O)N[C@H]1CCCCNC1=O)Cc1cn(C)c2ccccc12. The molecule has 1 fully saturated rings. The predicted octanol–water partition coefficient (Wildman–Crippen LogP) is 5.24. The van der Waals surface area contributed by atoms with Crippen LogP contribution < -0.4 is 10.6 Å². The maximum atomic E-state index is 13.5. The minimum Gasteiger partial charge on any atom is -0.354 e. The van der Waals surface area contributed by atoms with Gasteiger partial charge in [-0.1, -0.05) is 24.3 Å². The molecular weight excluding hydrogens is 578 g/mol. The van der Waals surface area contributed by atoms with Crippen molar-refractivity contribution in [1.29, 1.82) is 0 Å². The van der Waals surface area contributed by atoms with Gasteiger partial charge in [0, 0.05) is 49.4 Å². The van der Waals surface area contributed by atoms with Crippen molar-refractivity contribution in [1.82, 2.24) is 20.1 Å². The van der Waals surface area contributed by atoms with Gasteiger partial charge in [0.2, 0.25) is 11.8 Å². The third-order valence-corrected chi connectivity index (χ3v) is 7.38. The van der Waals surface area contributed by atoms with Crippen LogP contribution in [-0.4, -0.2) is 52.9 Å². The first-order chi connectivity index (χ1) is 20.1. The lowest BCUT2D eigenvalue weighted by Gasteiger charge is -2.27. The lowest BCUT2D eigenvalue weighted by molar-refractivity contribution is -0.143. The molecule has 0 spiro atoms. The Morgan fingerprint density at radius 3 is 2.37 bits per heavy atom. The molecule has 1 aliphatic rings. The number of aryl methyl sites for hydroxylation is 1. The van der Waals surface area contributed by atoms with E-state index in [1.807, 2.05) is 22.8 Å². The monoisotopic (exact) mass is 608 g/mol. The third kappa shape index (κ3) is 7.57. The Morgan fingerprint density at radius 1 is 1.07 bits per heavy atom. The van der Waals surface area contributed by atoms with Crippen molar-refractivity contribution in [2.24, 2.45) is 7.05 Å². The Morgan fingerprint density at radius 2 is 1.72 bits per heavy atom. The number of carbonyl (C=O) groups is 3. The molecule has 2 atom stereocenters. The van der Waals surface area contributed by atoms with Gasteiger partial charge in [0.05, 0.1) is 17.2 Å². The van der Waals surface area contributed by atoms with Crippen LogP contribution in [0.4, 0.5) is 26.3 Å². The molecule has 1 aliphatic heterocycles. The van der Waals surface area contributed by atoms with Gasteiger partial charge in [-0.25, -0.2) is 0 Å². The van der Waals surface area contributed by atoms with Gasteiger partial charge in [0.25, 0.3) is 5.91 Å². The summed E-state index contributed by atoms with van der Waals surface area (Å²) in [6.07, 6.45) is -3.99. The van der Waals surface area contributed by atoms with Crippen molar-refractivity contribution in [3.8, 4) is 0 Å². The molecule has 3 amide bonds. The number of para-hydroxylation sites is 1. The summed E-state index contributed by atoms with van der Waals surface area (Å²) in [5, 5.41) is 6.14. The highest BCUT2D eigenvalue weighted by molar-refractivity contribution is 5.96. The predicted molar refractivity (Wildman–Crippen MR) is 147 cm³/mol. The number of alkyl halides is 6. The van der Waals surface area contributed by atoms with E-state index >= 15 is 0 Å². The molecule has 13 heteroatoms. The van der Waals surface area contributed by atoms with E-state index in [-0.39, 0.29) is 18.4 Å². The number of amides is 3. The molecule has 2 N–H and O–H groups in total. The first-order valence-electron chi connectivity index (χ1n) is 13.5. The molecule has 0 aliphatic carbocycles. The molecule has 2 heterocycles. The minimum atomic E-state index is -5.13. The van der Waals surface area contributed by atoms with E-state index in [1.165, 1.54) is 13.1 Å². The van der Waals surface area contributed by atoms with Gasteiger partial charge in [-0.15, -0.1) is 0 Å². The van der Waals surface area contributed by atoms with E-state index < -0.39 is 52.9 Å². The second kappa shape index (κ2) is 12.5. The number of likely N-dealkylation sites (N-methyl/N-ethyl adjacent to an activating group) is 1. The average molecular weight is 609 g/mol. The van der Waals surface area contributed by atoms with Crippen LogP contribution in [0.3, 0.4) is 0 Å². The number of fused-ring (bicyclic) bond motifs is 1. The van der Waals surface area contributed by atoms with Gasteiger partial charge in [-0.05, 0) is 55.5 Å². The number of carbonyl (C=O) groups excluding carboxylic acids is 3. The smallest absolute Gasteiger partial charge is 0.354 e. The molecule has 0 saturated carbocycles. The maximum absolute atomic E-state index is 13.5. The molecule has 43 heavy (non-hydrogen) atoms. The zero-order valence-corrected chi connectivity index (χ0v) is 23.4. The molecule has 230 valence electrons. The molecule has 0 unspecified atom stereocenters. The van der Waals surface area contributed by atoms with Crippen molar-refractivity contribution in [3.63, 3.8) is 0 Å². The van der Waals surface area contributed by atoms with Crippen LogP contribution in [-0.2, 0) is 35.4 Å². The van der Waals surface area contributed by atoms with Gasteiger partial charge in [0.15, 0.2) is 0 Å². The summed E-state index contributed by atoms with van der Waals surface area (Å²) in [5.41, 5.74) is -2.43. The van der Waals surface area contributed by atoms with Gasteiger partial charge >= 0.3 is 12.4 Å². The van der Waals surface area contributed by atoms with Crippen molar-refractivity contribution in [2.75, 3.05) is 13.6 Å². The average Bonchev–Trinajstić information content (AvgIpc) is 3.12. The molecule has 4 rings (SSSR count). The standard InChI is InChI=1S/C30H30F6N4O3/c1-39-17-19(23-7-3-4-9-25(23)39)15-22(10-11-26(41)38-24-8-5-6-12-37-27(24)42)40(2)28(43)18-13-20(29(31,32)33)16-21(14-18)30(34,35)36/h3-4,7,9-11,13-14,16-17,22,24H,5-6,8,12,15H2,1-2H3,(H,37,42)(H,38,41)/b11-10+/t22-,24-/m0/s1. The Bertz CT molecular complexity index is 1510. The summed E-state index contributed by atoms with van der Waals surface area (Å²) in [7, 11) is 3.05. The molecule has 2 aromatic carbocycles. The number of hydrogen-bond acceptors (Lipinski definition) is 3. The number of aromatic nitrogens is 1. The van der Waals surface area contributed by atoms with Gasteiger partial charge in [-0.3, -0.25) is 14.4 Å². The number of benzene rings is 2. The second-order valence-corrected chi connectivity index (χ2v) is 10.5. The van der Waals surface area contributed by atoms with Crippen LogP contribution in [0, 0.1) is 0 Å². The van der Waals surface area contributed by atoms with Crippen molar-refractivity contribution >= 4 is 28.6 Å². The number of rotatable bonds is 7. The second-order valence-electron chi connectivity index (χ2n) is 10.5. The quantitative estimate of drug-likeness (QED) is 0.284. The Balaban J connectivity index is 1.68. The van der Waals surface area contributed by atoms with Crippen LogP contribution in [0.25, 0.3) is 10.9 Å². The van der Waals surface area contributed by atoms with E-state index in [2.05, 4.69) is 10.6 Å². The summed E-state index contributed by atoms with van der Waals surface area (Å²) < 4.78 is 82.7. The highest BCUT2D eigenvalue weighted by Gasteiger charge is 2.38. The number of halogens is 6. The Hall–Kier alpha value is -4.29. The summed E-state index contributed by atoms with van der Waals surface area (Å²) in [6.45, 7) is 0.493. The summed E-state index contributed by atoms with van der Waals surface area (Å²) >= 11 is 0. The fraction of sp³-hybridized carbons (Fsp3) is 0.367. The van der Waals surface area contributed by atoms with Gasteiger partial charge < -0.3 is 20.1 Å². The fourth-order valence-electron chi connectivity index (χ4n) is 5.08. The first kappa shape index (κ1) is 31.6. The molecule has 1 aromatic heterocycles. The molecule has 0 bridgehead atoms. The highest BCUT2D eigenvalue weighted by atomic mass is 19.4. The van der Waals surface area contributed by atoms with E-state index in [0.29, 0.717) is 31.5 Å². The fourth-order valence-corrected chi connectivity index (χ4v) is 5.08. The van der Waals surface area contributed by atoms with E-state index in [4.69, 9.17) is 0 Å². The van der Waals surface area contributed by atoms with Crippen LogP contribution in [0.2, 0.25) is 0 Å². The van der Waals surface area contributed by atoms with E-state index in [9.17, 15) is 40.7 Å². The number of nitrogens with one attached hydrogen (secondary N) is 2. The number of hydrogen-bond donors (Lipinski definition) is 2. The molecular formula is C30H30F6N4O3. The van der Waals surface area contributed by atoms with E-state index in [0.717, 1.165) is 33.9 Å². The minimum absolute atomic E-state index is 0.0434. The maximum Gasteiger partial charge on any atom is 0.416 e. The topological polar surface area (TPSA) is 83.4 Å². The number of nitrogens with zero attached hydrogens (tertiary/aromatic N) is 2. The van der Waals surface area contributed by atoms with Crippen LogP contribution in [0.1, 0.15) is 46.3 Å². The highest BCUT2D eigenvalue weighted by Crippen LogP contribution is 2.36. The van der Waals surface area contributed by atoms with Crippen LogP contribution in [0.5, 0.6) is 0 Å². The molecule has 1 saturated heterocycles. The largest absolute Gasteiger partial charge is 0.416 e. The summed E-state index contributed by atoms with van der Waals surface area (Å²) in [5.74, 6) is -2.07. The Kier molecular flexibility index (Phi) is 9.21. The summed E-state index contributed by atoms with van der Waals surface area (Å²) in [4.78, 5) is 39.5. The molecule has 7 nitrogen and oxygen atoms in total. The van der Waals surface area contributed by atoms with Crippen LogP contribution >= 0.6 is 0 Å². The molecule has 0 radical (unpaired) electrons. The lowest BCUT2D eigenvalue weighted by atomic mass is 10.0. The van der Waals surface area contributed by atoms with Crippen LogP contribution in [0.15, 0.2) is 60.8 Å².